The average Bonchev–Trinajstić information content (AvgIpc) is 2.15. The van der Waals surface area contributed by atoms with Gasteiger partial charge in [0, 0.05) is 25.9 Å². The minimum Gasteiger partial charge on any atom is -0.481 e. The highest BCUT2D eigenvalue weighted by molar-refractivity contribution is 5.81. The highest BCUT2D eigenvalue weighted by Crippen LogP contribution is 1.88. The first-order valence-electron chi connectivity index (χ1n) is 4.81. The van der Waals surface area contributed by atoms with E-state index < -0.39 is 5.97 Å². The lowest BCUT2D eigenvalue weighted by Crippen LogP contribution is -2.30. The minimum absolute atomic E-state index is 0.0509. The van der Waals surface area contributed by atoms with Gasteiger partial charge < -0.3 is 15.7 Å². The minimum atomic E-state index is -1.01. The van der Waals surface area contributed by atoms with Crippen LogP contribution in [-0.2, 0) is 14.4 Å². The van der Waals surface area contributed by atoms with Crippen molar-refractivity contribution in [3.63, 3.8) is 0 Å². The summed E-state index contributed by atoms with van der Waals surface area (Å²) in [6, 6.07) is 0. The number of rotatable bonds is 7. The molecule has 0 aliphatic carbocycles. The van der Waals surface area contributed by atoms with Crippen molar-refractivity contribution in [2.45, 2.75) is 26.2 Å². The monoisotopic (exact) mass is 216 g/mol. The molecule has 0 aromatic heterocycles. The van der Waals surface area contributed by atoms with Crippen molar-refractivity contribution in [3.8, 4) is 0 Å². The van der Waals surface area contributed by atoms with Crippen molar-refractivity contribution in [2.24, 2.45) is 0 Å². The first-order valence-corrected chi connectivity index (χ1v) is 4.81. The molecule has 86 valence electrons. The molecule has 0 heterocycles. The fourth-order valence-electron chi connectivity index (χ4n) is 0.910. The van der Waals surface area contributed by atoms with Crippen LogP contribution >= 0.6 is 0 Å². The number of carboxylic acid groups (broad SMARTS) is 1. The summed E-state index contributed by atoms with van der Waals surface area (Å²) in [5.74, 6) is -1.48. The van der Waals surface area contributed by atoms with Crippen LogP contribution in [0.15, 0.2) is 0 Å². The van der Waals surface area contributed by atoms with Crippen LogP contribution in [0.4, 0.5) is 0 Å². The second kappa shape index (κ2) is 7.78. The van der Waals surface area contributed by atoms with E-state index >= 15 is 0 Å². The van der Waals surface area contributed by atoms with E-state index in [1.54, 1.807) is 0 Å². The lowest BCUT2D eigenvalue weighted by Gasteiger charge is -2.04. The van der Waals surface area contributed by atoms with Crippen LogP contribution in [0.25, 0.3) is 0 Å². The van der Waals surface area contributed by atoms with E-state index in [1.165, 1.54) is 0 Å². The third kappa shape index (κ3) is 8.73. The smallest absolute Gasteiger partial charge is 0.303 e. The van der Waals surface area contributed by atoms with Crippen molar-refractivity contribution in [3.05, 3.63) is 0 Å². The molecule has 0 fully saturated rings. The molecule has 2 amide bonds. The SMILES string of the molecule is CCNC(=O)CCNC(=O)CCC(=O)O. The van der Waals surface area contributed by atoms with E-state index in [4.69, 9.17) is 5.11 Å². The molecule has 0 spiro atoms. The summed E-state index contributed by atoms with van der Waals surface area (Å²) in [6.07, 6.45) is -0.0234. The van der Waals surface area contributed by atoms with Crippen LogP contribution in [0.3, 0.4) is 0 Å². The quantitative estimate of drug-likeness (QED) is 0.534. The van der Waals surface area contributed by atoms with Gasteiger partial charge in [0.15, 0.2) is 0 Å². The molecule has 0 aliphatic rings. The summed E-state index contributed by atoms with van der Waals surface area (Å²) in [5, 5.41) is 13.4. The van der Waals surface area contributed by atoms with Crippen molar-refractivity contribution < 1.29 is 19.5 Å². The largest absolute Gasteiger partial charge is 0.481 e. The zero-order chi connectivity index (χ0) is 11.7. The Hall–Kier alpha value is -1.59. The molecule has 3 N–H and O–H groups in total. The second-order valence-electron chi connectivity index (χ2n) is 2.95. The summed E-state index contributed by atoms with van der Waals surface area (Å²) in [6.45, 7) is 2.61. The number of aliphatic carboxylic acids is 1. The molecule has 0 bridgehead atoms. The van der Waals surface area contributed by atoms with Gasteiger partial charge >= 0.3 is 5.97 Å². The lowest BCUT2D eigenvalue weighted by molar-refractivity contribution is -0.138. The molecule has 6 heteroatoms. The fourth-order valence-corrected chi connectivity index (χ4v) is 0.910. The van der Waals surface area contributed by atoms with Crippen LogP contribution in [-0.4, -0.2) is 36.0 Å². The maximum atomic E-state index is 11.0. The number of amides is 2. The van der Waals surface area contributed by atoms with Crippen LogP contribution in [0, 0.1) is 0 Å². The zero-order valence-corrected chi connectivity index (χ0v) is 8.71. The standard InChI is InChI=1S/C9H16N2O4/c1-2-10-8(13)5-6-11-7(12)3-4-9(14)15/h2-6H2,1H3,(H,10,13)(H,11,12)(H,14,15). The Morgan fingerprint density at radius 1 is 1.00 bits per heavy atom. The highest BCUT2D eigenvalue weighted by atomic mass is 16.4. The van der Waals surface area contributed by atoms with E-state index in [0.29, 0.717) is 6.54 Å². The van der Waals surface area contributed by atoms with Gasteiger partial charge in [-0.25, -0.2) is 0 Å². The van der Waals surface area contributed by atoms with Crippen molar-refractivity contribution >= 4 is 17.8 Å². The normalized spacial score (nSPS) is 9.40. The number of hydrogen-bond donors (Lipinski definition) is 3. The Bertz CT molecular complexity index is 240. The van der Waals surface area contributed by atoms with Crippen LogP contribution < -0.4 is 10.6 Å². The van der Waals surface area contributed by atoms with Gasteiger partial charge in [-0.1, -0.05) is 0 Å². The van der Waals surface area contributed by atoms with Gasteiger partial charge in [0.25, 0.3) is 0 Å². The Morgan fingerprint density at radius 3 is 2.13 bits per heavy atom. The van der Waals surface area contributed by atoms with Gasteiger partial charge in [0.2, 0.25) is 11.8 Å². The summed E-state index contributed by atoms with van der Waals surface area (Å²) < 4.78 is 0. The van der Waals surface area contributed by atoms with Gasteiger partial charge in [-0.2, -0.15) is 0 Å². The highest BCUT2D eigenvalue weighted by Gasteiger charge is 2.05. The van der Waals surface area contributed by atoms with Gasteiger partial charge in [-0.3, -0.25) is 14.4 Å². The molecule has 0 saturated heterocycles. The molecule has 0 saturated carbocycles. The molecule has 0 aromatic rings. The summed E-state index contributed by atoms with van der Waals surface area (Å²) in [4.78, 5) is 32.0. The van der Waals surface area contributed by atoms with E-state index in [9.17, 15) is 14.4 Å². The van der Waals surface area contributed by atoms with Crippen LogP contribution in [0.1, 0.15) is 26.2 Å². The Morgan fingerprint density at radius 2 is 1.60 bits per heavy atom. The Balaban J connectivity index is 3.46. The van der Waals surface area contributed by atoms with E-state index in [2.05, 4.69) is 10.6 Å². The first kappa shape index (κ1) is 13.4. The zero-order valence-electron chi connectivity index (χ0n) is 8.71. The summed E-state index contributed by atoms with van der Waals surface area (Å²) >= 11 is 0. The molecule has 0 atom stereocenters. The van der Waals surface area contributed by atoms with E-state index in [-0.39, 0.29) is 37.6 Å². The molecule has 0 aliphatic heterocycles. The van der Waals surface area contributed by atoms with Gasteiger partial charge in [0.05, 0.1) is 6.42 Å². The Labute approximate surface area is 88.0 Å². The number of hydrogen-bond acceptors (Lipinski definition) is 3. The molecular weight excluding hydrogens is 200 g/mol. The Kier molecular flexibility index (Phi) is 6.96. The van der Waals surface area contributed by atoms with Crippen molar-refractivity contribution in [1.82, 2.24) is 10.6 Å². The summed E-state index contributed by atoms with van der Waals surface area (Å²) in [7, 11) is 0. The predicted molar refractivity (Wildman–Crippen MR) is 53.2 cm³/mol. The average molecular weight is 216 g/mol. The maximum Gasteiger partial charge on any atom is 0.303 e. The molecule has 6 nitrogen and oxygen atoms in total. The molecular formula is C9H16N2O4. The first-order chi connectivity index (χ1) is 7.06. The predicted octanol–water partition coefficient (Wildman–Crippen LogP) is -0.506. The number of carbonyl (C=O) groups excluding carboxylic acids is 2. The van der Waals surface area contributed by atoms with Gasteiger partial charge in [-0.05, 0) is 6.92 Å². The number of carboxylic acids is 1. The van der Waals surface area contributed by atoms with Gasteiger partial charge in [0.1, 0.15) is 0 Å². The molecule has 0 radical (unpaired) electrons. The third-order valence-electron chi connectivity index (χ3n) is 1.61. The number of carbonyl (C=O) groups is 3. The molecule has 0 rings (SSSR count). The van der Waals surface area contributed by atoms with Gasteiger partial charge in [-0.15, -0.1) is 0 Å². The van der Waals surface area contributed by atoms with E-state index in [0.717, 1.165) is 0 Å². The lowest BCUT2D eigenvalue weighted by atomic mass is 10.3. The van der Waals surface area contributed by atoms with Crippen molar-refractivity contribution in [2.75, 3.05) is 13.1 Å². The van der Waals surface area contributed by atoms with Crippen LogP contribution in [0.5, 0.6) is 0 Å². The summed E-state index contributed by atoms with van der Waals surface area (Å²) in [5.41, 5.74) is 0. The molecule has 0 aromatic carbocycles. The maximum absolute atomic E-state index is 11.0. The molecule has 15 heavy (non-hydrogen) atoms. The van der Waals surface area contributed by atoms with E-state index in [1.807, 2.05) is 6.92 Å². The van der Waals surface area contributed by atoms with Crippen molar-refractivity contribution in [1.29, 1.82) is 0 Å². The van der Waals surface area contributed by atoms with Crippen LogP contribution in [0.2, 0.25) is 0 Å². The fraction of sp³-hybridized carbons (Fsp3) is 0.667. The second-order valence-corrected chi connectivity index (χ2v) is 2.95. The molecule has 0 unspecified atom stereocenters. The topological polar surface area (TPSA) is 95.5 Å². The third-order valence-corrected chi connectivity index (χ3v) is 1.61. The number of nitrogens with one attached hydrogen (secondary N) is 2.